The number of nitrogens with zero attached hydrogens (tertiary/aromatic N) is 2. The first-order chi connectivity index (χ1) is 9.15. The van der Waals surface area contributed by atoms with Gasteiger partial charge in [0, 0.05) is 15.2 Å². The fourth-order valence-corrected chi connectivity index (χ4v) is 3.95. The molecule has 0 atom stereocenters. The van der Waals surface area contributed by atoms with Crippen LogP contribution in [-0.4, -0.2) is 9.97 Å². The highest BCUT2D eigenvalue weighted by Crippen LogP contribution is 2.37. The van der Waals surface area contributed by atoms with Crippen molar-refractivity contribution in [3.8, 4) is 0 Å². The van der Waals surface area contributed by atoms with Gasteiger partial charge in [0.15, 0.2) is 0 Å². The van der Waals surface area contributed by atoms with Crippen LogP contribution in [0.4, 0.5) is 0 Å². The molecule has 4 heteroatoms. The first kappa shape index (κ1) is 12.6. The van der Waals surface area contributed by atoms with Gasteiger partial charge in [0.1, 0.15) is 16.2 Å². The Morgan fingerprint density at radius 1 is 1.00 bits per heavy atom. The van der Waals surface area contributed by atoms with Crippen molar-refractivity contribution in [2.24, 2.45) is 0 Å². The van der Waals surface area contributed by atoms with Crippen LogP contribution in [0.15, 0.2) is 40.5 Å². The van der Waals surface area contributed by atoms with Gasteiger partial charge in [-0.1, -0.05) is 29.5 Å². The topological polar surface area (TPSA) is 25.8 Å². The Morgan fingerprint density at radius 2 is 1.74 bits per heavy atom. The minimum atomic E-state index is 1.05. The predicted molar refractivity (Wildman–Crippen MR) is 82.2 cm³/mol. The SMILES string of the molecule is Cc1ccc(Sc2ncnc3sc(C)c(C)c23)cc1. The number of fused-ring (bicyclic) bond motifs is 1. The van der Waals surface area contributed by atoms with Crippen LogP contribution in [0, 0.1) is 20.8 Å². The molecular weight excluding hydrogens is 272 g/mol. The molecule has 0 bridgehead atoms. The van der Waals surface area contributed by atoms with Crippen molar-refractivity contribution < 1.29 is 0 Å². The van der Waals surface area contributed by atoms with Crippen molar-refractivity contribution in [1.29, 1.82) is 0 Å². The lowest BCUT2D eigenvalue weighted by Crippen LogP contribution is -1.85. The number of aryl methyl sites for hydroxylation is 3. The average Bonchev–Trinajstić information content (AvgIpc) is 2.69. The molecule has 0 fully saturated rings. The first-order valence-electron chi connectivity index (χ1n) is 6.10. The summed E-state index contributed by atoms with van der Waals surface area (Å²) >= 11 is 3.45. The summed E-state index contributed by atoms with van der Waals surface area (Å²) in [5, 5.41) is 2.26. The summed E-state index contributed by atoms with van der Waals surface area (Å²) in [4.78, 5) is 12.5. The van der Waals surface area contributed by atoms with Crippen LogP contribution >= 0.6 is 23.1 Å². The summed E-state index contributed by atoms with van der Waals surface area (Å²) in [6.07, 6.45) is 1.66. The van der Waals surface area contributed by atoms with E-state index in [2.05, 4.69) is 55.0 Å². The minimum Gasteiger partial charge on any atom is -0.229 e. The molecule has 0 amide bonds. The molecule has 3 aromatic rings. The van der Waals surface area contributed by atoms with Crippen LogP contribution in [-0.2, 0) is 0 Å². The van der Waals surface area contributed by atoms with E-state index in [0.29, 0.717) is 0 Å². The molecule has 2 aromatic heterocycles. The molecule has 2 nitrogen and oxygen atoms in total. The van der Waals surface area contributed by atoms with Gasteiger partial charge in [0.05, 0.1) is 0 Å². The average molecular weight is 286 g/mol. The zero-order valence-electron chi connectivity index (χ0n) is 11.1. The fraction of sp³-hybridized carbons (Fsp3) is 0.200. The summed E-state index contributed by atoms with van der Waals surface area (Å²) in [6, 6.07) is 8.55. The molecule has 0 saturated heterocycles. The molecule has 1 aromatic carbocycles. The number of rotatable bonds is 2. The van der Waals surface area contributed by atoms with Crippen LogP contribution in [0.3, 0.4) is 0 Å². The molecule has 96 valence electrons. The van der Waals surface area contributed by atoms with Gasteiger partial charge >= 0.3 is 0 Å². The van der Waals surface area contributed by atoms with Gasteiger partial charge in [0.25, 0.3) is 0 Å². The van der Waals surface area contributed by atoms with E-state index in [9.17, 15) is 0 Å². The maximum absolute atomic E-state index is 4.46. The van der Waals surface area contributed by atoms with Gasteiger partial charge in [-0.3, -0.25) is 0 Å². The second-order valence-electron chi connectivity index (χ2n) is 4.56. The zero-order chi connectivity index (χ0) is 13.4. The third-order valence-corrected chi connectivity index (χ3v) is 5.29. The quantitative estimate of drug-likeness (QED) is 0.635. The normalized spacial score (nSPS) is 11.1. The van der Waals surface area contributed by atoms with Gasteiger partial charge in [-0.05, 0) is 38.5 Å². The largest absolute Gasteiger partial charge is 0.229 e. The van der Waals surface area contributed by atoms with Crippen molar-refractivity contribution in [2.75, 3.05) is 0 Å². The Kier molecular flexibility index (Phi) is 3.29. The summed E-state index contributed by atoms with van der Waals surface area (Å²) < 4.78 is 0. The smallest absolute Gasteiger partial charge is 0.128 e. The molecule has 0 aliphatic heterocycles. The molecule has 0 aliphatic carbocycles. The van der Waals surface area contributed by atoms with Crippen molar-refractivity contribution in [2.45, 2.75) is 30.7 Å². The summed E-state index contributed by atoms with van der Waals surface area (Å²) in [6.45, 7) is 6.39. The van der Waals surface area contributed by atoms with Crippen LogP contribution in [0.5, 0.6) is 0 Å². The molecule has 0 spiro atoms. The minimum absolute atomic E-state index is 1.05. The molecule has 19 heavy (non-hydrogen) atoms. The number of hydrogen-bond donors (Lipinski definition) is 0. The van der Waals surface area contributed by atoms with Crippen molar-refractivity contribution in [3.63, 3.8) is 0 Å². The van der Waals surface area contributed by atoms with E-state index >= 15 is 0 Å². The van der Waals surface area contributed by atoms with E-state index in [0.717, 1.165) is 9.86 Å². The van der Waals surface area contributed by atoms with Gasteiger partial charge in [-0.25, -0.2) is 9.97 Å². The Labute approximate surface area is 120 Å². The molecule has 0 aliphatic rings. The molecule has 0 N–H and O–H groups in total. The number of hydrogen-bond acceptors (Lipinski definition) is 4. The van der Waals surface area contributed by atoms with Crippen LogP contribution in [0.2, 0.25) is 0 Å². The van der Waals surface area contributed by atoms with E-state index in [1.54, 1.807) is 29.4 Å². The maximum Gasteiger partial charge on any atom is 0.128 e. The van der Waals surface area contributed by atoms with Gasteiger partial charge in [-0.15, -0.1) is 11.3 Å². The van der Waals surface area contributed by atoms with E-state index in [-0.39, 0.29) is 0 Å². The first-order valence-corrected chi connectivity index (χ1v) is 7.73. The summed E-state index contributed by atoms with van der Waals surface area (Å²) in [7, 11) is 0. The van der Waals surface area contributed by atoms with Crippen molar-refractivity contribution in [1.82, 2.24) is 9.97 Å². The van der Waals surface area contributed by atoms with Gasteiger partial charge in [-0.2, -0.15) is 0 Å². The second kappa shape index (κ2) is 4.94. The summed E-state index contributed by atoms with van der Waals surface area (Å²) in [5.41, 5.74) is 2.58. The zero-order valence-corrected chi connectivity index (χ0v) is 12.7. The Morgan fingerprint density at radius 3 is 2.47 bits per heavy atom. The predicted octanol–water partition coefficient (Wildman–Crippen LogP) is 4.77. The number of benzene rings is 1. The molecule has 0 saturated carbocycles. The van der Waals surface area contributed by atoms with Gasteiger partial charge in [0.2, 0.25) is 0 Å². The Balaban J connectivity index is 2.07. The van der Waals surface area contributed by atoms with E-state index in [1.807, 2.05) is 0 Å². The van der Waals surface area contributed by atoms with Crippen LogP contribution in [0.25, 0.3) is 10.2 Å². The highest BCUT2D eigenvalue weighted by Gasteiger charge is 2.12. The standard InChI is InChI=1S/C15H14N2S2/c1-9-4-6-12(7-5-9)19-15-13-10(2)11(3)18-14(13)16-8-17-15/h4-8H,1-3H3. The number of aromatic nitrogens is 2. The van der Waals surface area contributed by atoms with E-state index < -0.39 is 0 Å². The lowest BCUT2D eigenvalue weighted by Gasteiger charge is -2.03. The molecule has 2 heterocycles. The van der Waals surface area contributed by atoms with Crippen molar-refractivity contribution >= 4 is 33.3 Å². The molecule has 0 radical (unpaired) electrons. The second-order valence-corrected chi connectivity index (χ2v) is 6.82. The maximum atomic E-state index is 4.46. The molecule has 0 unspecified atom stereocenters. The third kappa shape index (κ3) is 2.38. The highest BCUT2D eigenvalue weighted by atomic mass is 32.2. The van der Waals surface area contributed by atoms with Crippen LogP contribution in [0.1, 0.15) is 16.0 Å². The van der Waals surface area contributed by atoms with E-state index in [1.165, 1.54) is 26.3 Å². The van der Waals surface area contributed by atoms with Crippen LogP contribution < -0.4 is 0 Å². The Bertz CT molecular complexity index is 730. The van der Waals surface area contributed by atoms with Gasteiger partial charge < -0.3 is 0 Å². The van der Waals surface area contributed by atoms with Crippen molar-refractivity contribution in [3.05, 3.63) is 46.6 Å². The molecule has 3 rings (SSSR count). The lowest BCUT2D eigenvalue weighted by atomic mass is 10.2. The lowest BCUT2D eigenvalue weighted by molar-refractivity contribution is 1.10. The highest BCUT2D eigenvalue weighted by molar-refractivity contribution is 7.99. The fourth-order valence-electron chi connectivity index (χ4n) is 1.95. The monoisotopic (exact) mass is 286 g/mol. The molecular formula is C15H14N2S2. The third-order valence-electron chi connectivity index (χ3n) is 3.17. The summed E-state index contributed by atoms with van der Waals surface area (Å²) in [5.74, 6) is 0. The Hall–Kier alpha value is -1.39. The number of thiophene rings is 1. The van der Waals surface area contributed by atoms with E-state index in [4.69, 9.17) is 0 Å².